The SMILES string of the molecule is CC(C)(C)C(CN)NC(=O)c1cc(Br)ccc1Br. The smallest absolute Gasteiger partial charge is 0.252 e. The largest absolute Gasteiger partial charge is 0.347 e. The van der Waals surface area contributed by atoms with Gasteiger partial charge in [-0.1, -0.05) is 36.7 Å². The highest BCUT2D eigenvalue weighted by Gasteiger charge is 2.25. The van der Waals surface area contributed by atoms with E-state index < -0.39 is 0 Å². The molecule has 0 radical (unpaired) electrons. The second-order valence-corrected chi connectivity index (χ2v) is 7.02. The van der Waals surface area contributed by atoms with E-state index in [0.29, 0.717) is 12.1 Å². The van der Waals surface area contributed by atoms with Crippen LogP contribution in [0.5, 0.6) is 0 Å². The van der Waals surface area contributed by atoms with Crippen molar-refractivity contribution in [2.45, 2.75) is 26.8 Å². The molecule has 1 amide bonds. The van der Waals surface area contributed by atoms with Gasteiger partial charge in [-0.05, 0) is 39.5 Å². The summed E-state index contributed by atoms with van der Waals surface area (Å²) in [6, 6.07) is 5.45. The second kappa shape index (κ2) is 6.17. The summed E-state index contributed by atoms with van der Waals surface area (Å²) < 4.78 is 1.64. The summed E-state index contributed by atoms with van der Waals surface area (Å²) in [6.07, 6.45) is 0. The Balaban J connectivity index is 2.91. The molecule has 3 N–H and O–H groups in total. The van der Waals surface area contributed by atoms with Gasteiger partial charge < -0.3 is 11.1 Å². The lowest BCUT2D eigenvalue weighted by atomic mass is 9.86. The number of nitrogens with two attached hydrogens (primary N) is 1. The van der Waals surface area contributed by atoms with Crippen LogP contribution in [0.3, 0.4) is 0 Å². The third kappa shape index (κ3) is 4.07. The summed E-state index contributed by atoms with van der Waals surface area (Å²) in [5.41, 5.74) is 6.25. The van der Waals surface area contributed by atoms with Gasteiger partial charge >= 0.3 is 0 Å². The van der Waals surface area contributed by atoms with Gasteiger partial charge in [0.2, 0.25) is 0 Å². The van der Waals surface area contributed by atoms with Crippen molar-refractivity contribution in [2.75, 3.05) is 6.54 Å². The van der Waals surface area contributed by atoms with Crippen LogP contribution in [0.25, 0.3) is 0 Å². The molecule has 0 aromatic heterocycles. The Morgan fingerprint density at radius 3 is 2.50 bits per heavy atom. The molecule has 0 aliphatic rings. The maximum Gasteiger partial charge on any atom is 0.252 e. The van der Waals surface area contributed by atoms with E-state index in [2.05, 4.69) is 57.9 Å². The topological polar surface area (TPSA) is 55.1 Å². The van der Waals surface area contributed by atoms with Gasteiger partial charge in [0.1, 0.15) is 0 Å². The number of halogens is 2. The van der Waals surface area contributed by atoms with Crippen molar-refractivity contribution in [3.05, 3.63) is 32.7 Å². The molecule has 5 heteroatoms. The second-order valence-electron chi connectivity index (χ2n) is 5.25. The monoisotopic (exact) mass is 376 g/mol. The van der Waals surface area contributed by atoms with E-state index in [4.69, 9.17) is 5.73 Å². The molecule has 1 unspecified atom stereocenters. The normalized spacial score (nSPS) is 13.2. The number of nitrogens with one attached hydrogen (secondary N) is 1. The molecule has 0 spiro atoms. The van der Waals surface area contributed by atoms with E-state index in [-0.39, 0.29) is 17.4 Å². The van der Waals surface area contributed by atoms with Crippen LogP contribution in [-0.4, -0.2) is 18.5 Å². The van der Waals surface area contributed by atoms with Crippen LogP contribution in [0, 0.1) is 5.41 Å². The average Bonchev–Trinajstić information content (AvgIpc) is 2.27. The molecule has 0 bridgehead atoms. The summed E-state index contributed by atoms with van der Waals surface area (Å²) in [5, 5.41) is 2.98. The fourth-order valence-corrected chi connectivity index (χ4v) is 2.32. The first kappa shape index (κ1) is 15.7. The van der Waals surface area contributed by atoms with Crippen molar-refractivity contribution in [3.8, 4) is 0 Å². The Kier molecular flexibility index (Phi) is 5.37. The minimum Gasteiger partial charge on any atom is -0.347 e. The molecule has 1 aromatic carbocycles. The summed E-state index contributed by atoms with van der Waals surface area (Å²) in [5.74, 6) is -0.117. The van der Waals surface area contributed by atoms with Crippen LogP contribution in [0.2, 0.25) is 0 Å². The first-order valence-corrected chi connectivity index (χ1v) is 7.30. The van der Waals surface area contributed by atoms with Gasteiger partial charge in [-0.3, -0.25) is 4.79 Å². The minimum absolute atomic E-state index is 0.0594. The van der Waals surface area contributed by atoms with Gasteiger partial charge in [0.25, 0.3) is 5.91 Å². The van der Waals surface area contributed by atoms with E-state index in [1.807, 2.05) is 12.1 Å². The van der Waals surface area contributed by atoms with Gasteiger partial charge in [-0.2, -0.15) is 0 Å². The fraction of sp³-hybridized carbons (Fsp3) is 0.462. The van der Waals surface area contributed by atoms with E-state index >= 15 is 0 Å². The minimum atomic E-state index is -0.117. The Morgan fingerprint density at radius 1 is 1.39 bits per heavy atom. The number of carbonyl (C=O) groups excluding carboxylic acids is 1. The summed E-state index contributed by atoms with van der Waals surface area (Å²) in [7, 11) is 0. The number of rotatable bonds is 3. The maximum atomic E-state index is 12.2. The first-order valence-electron chi connectivity index (χ1n) is 5.71. The highest BCUT2D eigenvalue weighted by molar-refractivity contribution is 9.11. The Hall–Kier alpha value is -0.390. The molecule has 0 fully saturated rings. The molecule has 0 saturated heterocycles. The van der Waals surface area contributed by atoms with Crippen molar-refractivity contribution >= 4 is 37.8 Å². The van der Waals surface area contributed by atoms with E-state index in [0.717, 1.165) is 8.95 Å². The van der Waals surface area contributed by atoms with E-state index in [9.17, 15) is 4.79 Å². The quantitative estimate of drug-likeness (QED) is 0.848. The third-order valence-electron chi connectivity index (χ3n) is 2.76. The van der Waals surface area contributed by atoms with E-state index in [1.165, 1.54) is 0 Å². The van der Waals surface area contributed by atoms with Crippen LogP contribution in [-0.2, 0) is 0 Å². The Morgan fingerprint density at radius 2 is 2.00 bits per heavy atom. The average molecular weight is 378 g/mol. The van der Waals surface area contributed by atoms with Crippen molar-refractivity contribution in [3.63, 3.8) is 0 Å². The predicted octanol–water partition coefficient (Wildman–Crippen LogP) is 3.31. The number of carbonyl (C=O) groups is 1. The molecular weight excluding hydrogens is 360 g/mol. The molecule has 0 aliphatic heterocycles. The molecular formula is C13H18Br2N2O. The molecule has 18 heavy (non-hydrogen) atoms. The standard InChI is InChI=1S/C13H18Br2N2O/c1-13(2,3)11(7-16)17-12(18)9-6-8(14)4-5-10(9)15/h4-6,11H,7,16H2,1-3H3,(H,17,18). The highest BCUT2D eigenvalue weighted by atomic mass is 79.9. The third-order valence-corrected chi connectivity index (χ3v) is 3.94. The maximum absolute atomic E-state index is 12.2. The van der Waals surface area contributed by atoms with Crippen molar-refractivity contribution in [2.24, 2.45) is 11.1 Å². The van der Waals surface area contributed by atoms with Crippen LogP contribution in [0.4, 0.5) is 0 Å². The first-order chi connectivity index (χ1) is 8.25. The zero-order chi connectivity index (χ0) is 13.9. The van der Waals surface area contributed by atoms with Crippen molar-refractivity contribution in [1.82, 2.24) is 5.32 Å². The summed E-state index contributed by atoms with van der Waals surface area (Å²) >= 11 is 6.74. The number of hydrogen-bond donors (Lipinski definition) is 2. The predicted molar refractivity (Wildman–Crippen MR) is 81.6 cm³/mol. The molecule has 0 saturated carbocycles. The van der Waals surface area contributed by atoms with Crippen LogP contribution in [0.1, 0.15) is 31.1 Å². The molecule has 100 valence electrons. The molecule has 1 aromatic rings. The molecule has 0 aliphatic carbocycles. The van der Waals surface area contributed by atoms with Gasteiger partial charge in [0.15, 0.2) is 0 Å². The van der Waals surface area contributed by atoms with E-state index in [1.54, 1.807) is 6.07 Å². The lowest BCUT2D eigenvalue weighted by Gasteiger charge is -2.30. The zero-order valence-electron chi connectivity index (χ0n) is 10.8. The number of hydrogen-bond acceptors (Lipinski definition) is 2. The van der Waals surface area contributed by atoms with Crippen LogP contribution in [0.15, 0.2) is 27.1 Å². The molecule has 1 rings (SSSR count). The van der Waals surface area contributed by atoms with Gasteiger partial charge in [-0.25, -0.2) is 0 Å². The van der Waals surface area contributed by atoms with Gasteiger partial charge in [0, 0.05) is 21.5 Å². The lowest BCUT2D eigenvalue weighted by molar-refractivity contribution is 0.0904. The van der Waals surface area contributed by atoms with Gasteiger partial charge in [-0.15, -0.1) is 0 Å². The Bertz CT molecular complexity index is 441. The van der Waals surface area contributed by atoms with Crippen LogP contribution < -0.4 is 11.1 Å². The number of amides is 1. The summed E-state index contributed by atoms with van der Waals surface area (Å²) in [4.78, 5) is 12.2. The molecule has 1 atom stereocenters. The lowest BCUT2D eigenvalue weighted by Crippen LogP contribution is -2.48. The summed E-state index contributed by atoms with van der Waals surface area (Å²) in [6.45, 7) is 6.59. The van der Waals surface area contributed by atoms with Gasteiger partial charge in [0.05, 0.1) is 5.56 Å². The fourth-order valence-electron chi connectivity index (χ4n) is 1.54. The number of benzene rings is 1. The molecule has 0 heterocycles. The zero-order valence-corrected chi connectivity index (χ0v) is 13.9. The Labute approximate surface area is 125 Å². The van der Waals surface area contributed by atoms with Crippen LogP contribution >= 0.6 is 31.9 Å². The van der Waals surface area contributed by atoms with Crippen molar-refractivity contribution < 1.29 is 4.79 Å². The van der Waals surface area contributed by atoms with Crippen molar-refractivity contribution in [1.29, 1.82) is 0 Å². The highest BCUT2D eigenvalue weighted by Crippen LogP contribution is 2.23. The molecule has 3 nitrogen and oxygen atoms in total.